The Hall–Kier alpha value is -0.570. The maximum Gasteiger partial charge on any atom is 0.309 e. The monoisotopic (exact) mass is 197 g/mol. The van der Waals surface area contributed by atoms with Crippen LogP contribution in [0.1, 0.15) is 26.2 Å². The number of nitrogens with zero attached hydrogens (tertiary/aromatic N) is 1. The Morgan fingerprint density at radius 2 is 2.29 bits per heavy atom. The van der Waals surface area contributed by atoms with Gasteiger partial charge in [0.15, 0.2) is 0 Å². The molecule has 0 saturated carbocycles. The van der Waals surface area contributed by atoms with E-state index in [0.717, 1.165) is 19.5 Å². The van der Waals surface area contributed by atoms with Gasteiger partial charge in [0.2, 0.25) is 0 Å². The number of hydrogen-bond acceptors (Lipinski definition) is 3. The number of piperidine rings is 2. The number of fused-ring (bicyclic) bond motifs is 2. The first-order valence-corrected chi connectivity index (χ1v) is 5.70. The fourth-order valence-electron chi connectivity index (χ4n) is 2.74. The average molecular weight is 197 g/mol. The molecule has 14 heavy (non-hydrogen) atoms. The first-order valence-electron chi connectivity index (χ1n) is 5.70. The number of hydrogen-bond donors (Lipinski definition) is 0. The molecule has 3 unspecified atom stereocenters. The number of carbonyl (C=O) groups excluding carboxylic acids is 1. The minimum absolute atomic E-state index is 0.0408. The van der Waals surface area contributed by atoms with Gasteiger partial charge in [0, 0.05) is 6.54 Å². The lowest BCUT2D eigenvalue weighted by Crippen LogP contribution is -2.47. The van der Waals surface area contributed by atoms with Crippen molar-refractivity contribution in [1.82, 2.24) is 4.90 Å². The molecule has 3 nitrogen and oxygen atoms in total. The molecule has 0 amide bonds. The summed E-state index contributed by atoms with van der Waals surface area (Å²) >= 11 is 0. The highest BCUT2D eigenvalue weighted by Gasteiger charge is 2.36. The van der Waals surface area contributed by atoms with Crippen molar-refractivity contribution in [3.63, 3.8) is 0 Å². The first kappa shape index (κ1) is 9.97. The zero-order valence-electron chi connectivity index (χ0n) is 8.87. The van der Waals surface area contributed by atoms with Crippen molar-refractivity contribution in [2.45, 2.75) is 26.2 Å². The SMILES string of the molecule is CCOC(=O)C1CCN2CCCC1C2. The van der Waals surface area contributed by atoms with Crippen molar-refractivity contribution in [3.8, 4) is 0 Å². The third kappa shape index (κ3) is 1.92. The molecule has 0 aromatic heterocycles. The fraction of sp³-hybridized carbons (Fsp3) is 0.909. The summed E-state index contributed by atoms with van der Waals surface area (Å²) in [5.74, 6) is 0.794. The largest absolute Gasteiger partial charge is 0.466 e. The molecule has 3 heteroatoms. The maximum absolute atomic E-state index is 11.7. The molecular formula is C11H19NO2. The molecule has 2 fully saturated rings. The molecule has 0 radical (unpaired) electrons. The molecule has 2 aliphatic rings. The molecule has 0 spiro atoms. The highest BCUT2D eigenvalue weighted by molar-refractivity contribution is 5.73. The standard InChI is InChI=1S/C11H19NO2/c1-2-14-11(13)10-5-7-12-6-3-4-9(10)8-12/h9-10H,2-8H2,1H3. The van der Waals surface area contributed by atoms with Crippen molar-refractivity contribution in [2.75, 3.05) is 26.2 Å². The normalized spacial score (nSPS) is 36.5. The lowest BCUT2D eigenvalue weighted by molar-refractivity contribution is -0.153. The van der Waals surface area contributed by atoms with E-state index in [1.54, 1.807) is 0 Å². The van der Waals surface area contributed by atoms with E-state index in [0.29, 0.717) is 12.5 Å². The molecule has 0 aromatic carbocycles. The van der Waals surface area contributed by atoms with Crippen molar-refractivity contribution in [1.29, 1.82) is 0 Å². The summed E-state index contributed by atoms with van der Waals surface area (Å²) in [6.45, 7) is 5.83. The second-order valence-corrected chi connectivity index (χ2v) is 4.35. The van der Waals surface area contributed by atoms with Gasteiger partial charge in [-0.25, -0.2) is 0 Å². The zero-order valence-corrected chi connectivity index (χ0v) is 8.87. The van der Waals surface area contributed by atoms with E-state index in [9.17, 15) is 4.79 Å². The van der Waals surface area contributed by atoms with Gasteiger partial charge in [-0.1, -0.05) is 0 Å². The van der Waals surface area contributed by atoms with Crippen molar-refractivity contribution in [2.24, 2.45) is 11.8 Å². The molecule has 3 atom stereocenters. The number of rotatable bonds is 2. The summed E-state index contributed by atoms with van der Waals surface area (Å²) in [5.41, 5.74) is 0. The molecule has 2 rings (SSSR count). The van der Waals surface area contributed by atoms with Gasteiger partial charge in [-0.15, -0.1) is 0 Å². The molecule has 80 valence electrons. The molecule has 0 N–H and O–H groups in total. The van der Waals surface area contributed by atoms with Crippen LogP contribution < -0.4 is 0 Å². The zero-order chi connectivity index (χ0) is 9.97. The second-order valence-electron chi connectivity index (χ2n) is 4.35. The number of carbonyl (C=O) groups is 1. The van der Waals surface area contributed by atoms with Crippen LogP contribution in [0.4, 0.5) is 0 Å². The fourth-order valence-corrected chi connectivity index (χ4v) is 2.74. The Bertz CT molecular complexity index is 217. The Morgan fingerprint density at radius 3 is 3.07 bits per heavy atom. The van der Waals surface area contributed by atoms with E-state index in [4.69, 9.17) is 4.74 Å². The minimum Gasteiger partial charge on any atom is -0.466 e. The van der Waals surface area contributed by atoms with Crippen molar-refractivity contribution < 1.29 is 9.53 Å². The summed E-state index contributed by atoms with van der Waals surface area (Å²) in [5, 5.41) is 0. The molecule has 0 aromatic rings. The van der Waals surface area contributed by atoms with E-state index in [1.807, 2.05) is 6.92 Å². The topological polar surface area (TPSA) is 29.5 Å². The van der Waals surface area contributed by atoms with E-state index in [1.165, 1.54) is 19.4 Å². The number of ether oxygens (including phenoxy) is 1. The van der Waals surface area contributed by atoms with Gasteiger partial charge in [0.05, 0.1) is 12.5 Å². The molecule has 2 heterocycles. The van der Waals surface area contributed by atoms with Crippen LogP contribution in [0.15, 0.2) is 0 Å². The van der Waals surface area contributed by atoms with Gasteiger partial charge < -0.3 is 9.64 Å². The van der Waals surface area contributed by atoms with E-state index >= 15 is 0 Å². The van der Waals surface area contributed by atoms with E-state index < -0.39 is 0 Å². The number of esters is 1. The second kappa shape index (κ2) is 4.30. The Morgan fingerprint density at radius 1 is 1.43 bits per heavy atom. The summed E-state index contributed by atoms with van der Waals surface area (Å²) in [6.07, 6.45) is 3.46. The Labute approximate surface area is 85.4 Å². The van der Waals surface area contributed by atoms with Gasteiger partial charge in [-0.3, -0.25) is 4.79 Å². The highest BCUT2D eigenvalue weighted by atomic mass is 16.5. The van der Waals surface area contributed by atoms with E-state index in [-0.39, 0.29) is 11.9 Å². The molecule has 2 saturated heterocycles. The Balaban J connectivity index is 1.95. The molecular weight excluding hydrogens is 178 g/mol. The van der Waals surface area contributed by atoms with Gasteiger partial charge in [0.25, 0.3) is 0 Å². The summed E-state index contributed by atoms with van der Waals surface area (Å²) in [4.78, 5) is 14.1. The summed E-state index contributed by atoms with van der Waals surface area (Å²) in [7, 11) is 0. The maximum atomic E-state index is 11.7. The van der Waals surface area contributed by atoms with Crippen molar-refractivity contribution in [3.05, 3.63) is 0 Å². The lowest BCUT2D eigenvalue weighted by Gasteiger charge is -2.41. The van der Waals surface area contributed by atoms with E-state index in [2.05, 4.69) is 4.90 Å². The van der Waals surface area contributed by atoms with Gasteiger partial charge in [0.1, 0.15) is 0 Å². The third-order valence-electron chi connectivity index (χ3n) is 3.46. The summed E-state index contributed by atoms with van der Waals surface area (Å²) in [6, 6.07) is 0. The summed E-state index contributed by atoms with van der Waals surface area (Å²) < 4.78 is 5.12. The Kier molecular flexibility index (Phi) is 3.06. The van der Waals surface area contributed by atoms with Crippen LogP contribution in [0.5, 0.6) is 0 Å². The predicted molar refractivity (Wildman–Crippen MR) is 53.9 cm³/mol. The van der Waals surface area contributed by atoms with Crippen LogP contribution >= 0.6 is 0 Å². The van der Waals surface area contributed by atoms with Crippen LogP contribution in [0.3, 0.4) is 0 Å². The average Bonchev–Trinajstić information content (AvgIpc) is 2.18. The van der Waals surface area contributed by atoms with Crippen LogP contribution in [-0.4, -0.2) is 37.1 Å². The first-order chi connectivity index (χ1) is 6.81. The third-order valence-corrected chi connectivity index (χ3v) is 3.46. The van der Waals surface area contributed by atoms with Gasteiger partial charge >= 0.3 is 5.97 Å². The molecule has 2 bridgehead atoms. The van der Waals surface area contributed by atoms with Crippen LogP contribution in [-0.2, 0) is 9.53 Å². The van der Waals surface area contributed by atoms with Crippen LogP contribution in [0.2, 0.25) is 0 Å². The smallest absolute Gasteiger partial charge is 0.309 e. The predicted octanol–water partition coefficient (Wildman–Crippen LogP) is 1.28. The van der Waals surface area contributed by atoms with Gasteiger partial charge in [-0.05, 0) is 45.2 Å². The van der Waals surface area contributed by atoms with Crippen LogP contribution in [0.25, 0.3) is 0 Å². The molecule has 2 aliphatic heterocycles. The van der Waals surface area contributed by atoms with Gasteiger partial charge in [-0.2, -0.15) is 0 Å². The molecule has 0 aliphatic carbocycles. The van der Waals surface area contributed by atoms with Crippen LogP contribution in [0, 0.1) is 11.8 Å². The minimum atomic E-state index is 0.0408. The quantitative estimate of drug-likeness (QED) is 0.625. The highest BCUT2D eigenvalue weighted by Crippen LogP contribution is 2.31. The lowest BCUT2D eigenvalue weighted by atomic mass is 9.80. The van der Waals surface area contributed by atoms with Crippen molar-refractivity contribution >= 4 is 5.97 Å².